The number of imide groups is 1. The lowest BCUT2D eigenvalue weighted by Gasteiger charge is -2.45. The predicted octanol–water partition coefficient (Wildman–Crippen LogP) is 4.84. The number of rotatable bonds is 4. The molecule has 0 saturated carbocycles. The fourth-order valence-electron chi connectivity index (χ4n) is 5.81. The number of allylic oxidation sites excluding steroid dienone is 2. The molecule has 2 bridgehead atoms. The fraction of sp³-hybridized carbons (Fsp3) is 0.333. The van der Waals surface area contributed by atoms with Gasteiger partial charge < -0.3 is 10.1 Å². The number of ether oxygens (including phenoxy) is 1. The number of urea groups is 1. The molecule has 0 aromatic heterocycles. The van der Waals surface area contributed by atoms with Gasteiger partial charge in [-0.05, 0) is 37.1 Å². The summed E-state index contributed by atoms with van der Waals surface area (Å²) in [5, 5.41) is 3.03. The molecule has 6 rings (SSSR count). The molecule has 2 aromatic rings. The minimum Gasteiger partial charge on any atom is -0.497 e. The van der Waals surface area contributed by atoms with Crippen molar-refractivity contribution in [2.24, 2.45) is 17.3 Å². The number of likely N-dealkylation sites (tertiary alicyclic amines) is 1. The first-order chi connectivity index (χ1) is 15.5. The largest absolute Gasteiger partial charge is 0.497 e. The van der Waals surface area contributed by atoms with Gasteiger partial charge in [-0.2, -0.15) is 0 Å². The van der Waals surface area contributed by atoms with E-state index >= 15 is 0 Å². The van der Waals surface area contributed by atoms with Crippen LogP contribution >= 0.6 is 0 Å². The summed E-state index contributed by atoms with van der Waals surface area (Å²) < 4.78 is 5.32. The number of carbonyl (C=O) groups excluding carboxylic acids is 2. The number of hydrogen-bond acceptors (Lipinski definition) is 3. The molecule has 32 heavy (non-hydrogen) atoms. The van der Waals surface area contributed by atoms with Crippen LogP contribution in [0.3, 0.4) is 0 Å². The minimum absolute atomic E-state index is 0.0128. The Morgan fingerprint density at radius 3 is 2.34 bits per heavy atom. The van der Waals surface area contributed by atoms with Crippen molar-refractivity contribution in [3.8, 4) is 5.75 Å². The summed E-state index contributed by atoms with van der Waals surface area (Å²) >= 11 is 0. The molecule has 4 atom stereocenters. The zero-order chi connectivity index (χ0) is 22.5. The number of methoxy groups -OCH3 is 1. The topological polar surface area (TPSA) is 58.6 Å². The van der Waals surface area contributed by atoms with Gasteiger partial charge in [-0.15, -0.1) is 0 Å². The van der Waals surface area contributed by atoms with Gasteiger partial charge in [-0.3, -0.25) is 9.69 Å². The van der Waals surface area contributed by atoms with Crippen LogP contribution in [0.1, 0.15) is 36.9 Å². The summed E-state index contributed by atoms with van der Waals surface area (Å²) in [6.45, 7) is 3.94. The van der Waals surface area contributed by atoms with Gasteiger partial charge in [0.15, 0.2) is 0 Å². The van der Waals surface area contributed by atoms with E-state index in [2.05, 4.69) is 29.6 Å². The third-order valence-corrected chi connectivity index (χ3v) is 7.42. The van der Waals surface area contributed by atoms with Crippen LogP contribution in [0.4, 0.5) is 4.79 Å². The van der Waals surface area contributed by atoms with Crippen molar-refractivity contribution < 1.29 is 14.3 Å². The summed E-state index contributed by atoms with van der Waals surface area (Å²) in [6.07, 6.45) is 8.30. The van der Waals surface area contributed by atoms with Crippen molar-refractivity contribution in [2.45, 2.75) is 31.8 Å². The van der Waals surface area contributed by atoms with E-state index in [4.69, 9.17) is 4.74 Å². The minimum atomic E-state index is -0.772. The van der Waals surface area contributed by atoms with Gasteiger partial charge in [-0.25, -0.2) is 4.79 Å². The number of benzene rings is 2. The van der Waals surface area contributed by atoms with Crippen LogP contribution in [0, 0.1) is 17.3 Å². The molecule has 4 aliphatic rings. The second-order valence-electron chi connectivity index (χ2n) is 9.05. The Morgan fingerprint density at radius 1 is 1.06 bits per heavy atom. The standard InChI is InChI=1S/C27H28N2O3/c1-17(19-7-5-4-6-8-19)28-26(31)29-18(2)24-23(20-9-11-22(32-3)12-10-20)21-13-15-27(24,16-14-21)25(29)30/h4-18,21,23-24H,1-3H3,(H,28,31)/t17-,18+,21?,23+,24-,27?/m0/s1. The van der Waals surface area contributed by atoms with Crippen LogP contribution in [0.15, 0.2) is 78.9 Å². The Balaban J connectivity index is 1.46. The van der Waals surface area contributed by atoms with Crippen LogP contribution in [-0.2, 0) is 4.79 Å². The highest BCUT2D eigenvalue weighted by molar-refractivity contribution is 6.03. The molecule has 3 amide bonds. The molecule has 1 aliphatic heterocycles. The first-order valence-corrected chi connectivity index (χ1v) is 11.2. The number of carbonyl (C=O) groups is 2. The van der Waals surface area contributed by atoms with E-state index in [1.807, 2.05) is 68.5 Å². The smallest absolute Gasteiger partial charge is 0.324 e. The fourth-order valence-corrected chi connectivity index (χ4v) is 5.81. The first kappa shape index (κ1) is 20.6. The zero-order valence-corrected chi connectivity index (χ0v) is 18.6. The Labute approximate surface area is 188 Å². The van der Waals surface area contributed by atoms with Gasteiger partial charge in [0, 0.05) is 23.8 Å². The van der Waals surface area contributed by atoms with Crippen molar-refractivity contribution in [2.75, 3.05) is 7.11 Å². The van der Waals surface area contributed by atoms with E-state index in [0.717, 1.165) is 11.3 Å². The van der Waals surface area contributed by atoms with Crippen LogP contribution in [-0.4, -0.2) is 30.0 Å². The Bertz CT molecular complexity index is 1080. The molecule has 5 nitrogen and oxygen atoms in total. The van der Waals surface area contributed by atoms with Gasteiger partial charge in [0.1, 0.15) is 5.75 Å². The Morgan fingerprint density at radius 2 is 1.72 bits per heavy atom. The quantitative estimate of drug-likeness (QED) is 0.709. The Kier molecular flexibility index (Phi) is 4.92. The van der Waals surface area contributed by atoms with Crippen molar-refractivity contribution >= 4 is 11.9 Å². The zero-order valence-electron chi connectivity index (χ0n) is 18.6. The maximum Gasteiger partial charge on any atom is 0.324 e. The summed E-state index contributed by atoms with van der Waals surface area (Å²) in [5.74, 6) is 0.982. The number of hydrogen-bond donors (Lipinski definition) is 1. The molecule has 1 spiro atoms. The number of amides is 3. The van der Waals surface area contributed by atoms with Crippen LogP contribution < -0.4 is 10.1 Å². The average molecular weight is 429 g/mol. The van der Waals surface area contributed by atoms with Crippen LogP contribution in [0.5, 0.6) is 5.75 Å². The van der Waals surface area contributed by atoms with E-state index < -0.39 is 5.41 Å². The third kappa shape index (κ3) is 2.99. The second kappa shape index (κ2) is 7.66. The molecule has 5 heteroatoms. The third-order valence-electron chi connectivity index (χ3n) is 7.42. The summed E-state index contributed by atoms with van der Waals surface area (Å²) in [7, 11) is 1.66. The molecular weight excluding hydrogens is 400 g/mol. The lowest BCUT2D eigenvalue weighted by atomic mass is 9.56. The first-order valence-electron chi connectivity index (χ1n) is 11.2. The molecule has 1 saturated heterocycles. The predicted molar refractivity (Wildman–Crippen MR) is 123 cm³/mol. The molecule has 1 fully saturated rings. The van der Waals surface area contributed by atoms with Crippen LogP contribution in [0.25, 0.3) is 0 Å². The molecule has 1 heterocycles. The van der Waals surface area contributed by atoms with E-state index in [1.54, 1.807) is 7.11 Å². The SMILES string of the molecule is COc1ccc([C@@H]2C3C=CC4(C=C3)C(=O)N(C(=O)N[C@@H](C)c3ccccc3)[C@H](C)[C@@H]24)cc1. The highest BCUT2D eigenvalue weighted by atomic mass is 16.5. The van der Waals surface area contributed by atoms with E-state index in [9.17, 15) is 9.59 Å². The highest BCUT2D eigenvalue weighted by Crippen LogP contribution is 2.59. The molecule has 2 aromatic carbocycles. The van der Waals surface area contributed by atoms with Gasteiger partial charge in [-0.1, -0.05) is 66.8 Å². The van der Waals surface area contributed by atoms with E-state index in [0.29, 0.717) is 0 Å². The molecule has 1 N–H and O–H groups in total. The average Bonchev–Trinajstić information content (AvgIpc) is 3.06. The summed E-state index contributed by atoms with van der Waals surface area (Å²) in [4.78, 5) is 28.5. The summed E-state index contributed by atoms with van der Waals surface area (Å²) in [6, 6.07) is 17.1. The lowest BCUT2D eigenvalue weighted by molar-refractivity contribution is -0.131. The number of nitrogens with zero attached hydrogens (tertiary/aromatic N) is 1. The second-order valence-corrected chi connectivity index (χ2v) is 9.05. The van der Waals surface area contributed by atoms with Crippen molar-refractivity contribution in [3.05, 3.63) is 90.0 Å². The van der Waals surface area contributed by atoms with Gasteiger partial charge >= 0.3 is 6.03 Å². The monoisotopic (exact) mass is 428 g/mol. The molecular formula is C27H28N2O3. The van der Waals surface area contributed by atoms with E-state index in [1.165, 1.54) is 10.5 Å². The highest BCUT2D eigenvalue weighted by Gasteiger charge is 2.63. The lowest BCUT2D eigenvalue weighted by Crippen LogP contribution is -2.46. The molecule has 3 aliphatic carbocycles. The molecule has 164 valence electrons. The summed E-state index contributed by atoms with van der Waals surface area (Å²) in [5.41, 5.74) is 1.40. The van der Waals surface area contributed by atoms with Gasteiger partial charge in [0.05, 0.1) is 18.6 Å². The van der Waals surface area contributed by atoms with Crippen molar-refractivity contribution in [1.29, 1.82) is 0 Å². The van der Waals surface area contributed by atoms with Gasteiger partial charge in [0.2, 0.25) is 5.91 Å². The Hall–Kier alpha value is -3.34. The van der Waals surface area contributed by atoms with Gasteiger partial charge in [0.25, 0.3) is 0 Å². The van der Waals surface area contributed by atoms with Crippen molar-refractivity contribution in [1.82, 2.24) is 10.2 Å². The van der Waals surface area contributed by atoms with Crippen molar-refractivity contribution in [3.63, 3.8) is 0 Å². The maximum atomic E-state index is 13.7. The number of nitrogens with one attached hydrogen (secondary N) is 1. The van der Waals surface area contributed by atoms with Crippen LogP contribution in [0.2, 0.25) is 0 Å². The molecule has 0 unspecified atom stereocenters. The normalized spacial score (nSPS) is 30.8. The molecule has 0 radical (unpaired) electrons. The van der Waals surface area contributed by atoms with E-state index in [-0.39, 0.29) is 41.8 Å². The maximum absolute atomic E-state index is 13.7.